The van der Waals surface area contributed by atoms with Crippen LogP contribution in [-0.4, -0.2) is 29.3 Å². The lowest BCUT2D eigenvalue weighted by Gasteiger charge is -2.25. The zero-order chi connectivity index (χ0) is 15.4. The lowest BCUT2D eigenvalue weighted by atomic mass is 10.1. The summed E-state index contributed by atoms with van der Waals surface area (Å²) in [5, 5.41) is 3.88. The van der Waals surface area contributed by atoms with Gasteiger partial charge < -0.3 is 10.2 Å². The molecule has 21 heavy (non-hydrogen) atoms. The van der Waals surface area contributed by atoms with Crippen molar-refractivity contribution in [2.75, 3.05) is 6.54 Å². The van der Waals surface area contributed by atoms with Crippen LogP contribution in [0.3, 0.4) is 0 Å². The standard InChI is InChI=1S/C15H18Cl2N2O2/c1-2-18-14(20)8-12-5-6-15(21)19(12)9-10-3-4-11(16)7-13(10)17/h3-4,7,12H,2,5-6,8-9H2,1H3,(H,18,20). The predicted molar refractivity (Wildman–Crippen MR) is 83.3 cm³/mol. The second kappa shape index (κ2) is 7.14. The molecular weight excluding hydrogens is 311 g/mol. The molecule has 114 valence electrons. The van der Waals surface area contributed by atoms with Gasteiger partial charge >= 0.3 is 0 Å². The molecular formula is C15H18Cl2N2O2. The van der Waals surface area contributed by atoms with Crippen LogP contribution < -0.4 is 5.32 Å². The van der Waals surface area contributed by atoms with Crippen LogP contribution in [0.5, 0.6) is 0 Å². The van der Waals surface area contributed by atoms with E-state index < -0.39 is 0 Å². The van der Waals surface area contributed by atoms with Crippen molar-refractivity contribution in [3.05, 3.63) is 33.8 Å². The molecule has 0 aliphatic carbocycles. The molecule has 1 aliphatic heterocycles. The number of nitrogens with one attached hydrogen (secondary N) is 1. The molecule has 1 aromatic rings. The predicted octanol–water partition coefficient (Wildman–Crippen LogP) is 3.01. The molecule has 1 unspecified atom stereocenters. The van der Waals surface area contributed by atoms with Gasteiger partial charge in [0.1, 0.15) is 0 Å². The summed E-state index contributed by atoms with van der Waals surface area (Å²) in [7, 11) is 0. The fourth-order valence-corrected chi connectivity index (χ4v) is 3.01. The lowest BCUT2D eigenvalue weighted by Crippen LogP contribution is -2.37. The fraction of sp³-hybridized carbons (Fsp3) is 0.467. The van der Waals surface area contributed by atoms with E-state index >= 15 is 0 Å². The van der Waals surface area contributed by atoms with E-state index in [1.165, 1.54) is 0 Å². The molecule has 1 aliphatic rings. The Kier molecular flexibility index (Phi) is 5.48. The second-order valence-corrected chi connectivity index (χ2v) is 5.95. The first kappa shape index (κ1) is 16.1. The quantitative estimate of drug-likeness (QED) is 0.903. The Labute approximate surface area is 134 Å². The molecule has 1 heterocycles. The van der Waals surface area contributed by atoms with Gasteiger partial charge in [0.2, 0.25) is 11.8 Å². The van der Waals surface area contributed by atoms with Crippen molar-refractivity contribution in [1.82, 2.24) is 10.2 Å². The number of halogens is 2. The Balaban J connectivity index is 2.08. The van der Waals surface area contributed by atoms with Gasteiger partial charge in [-0.05, 0) is 31.0 Å². The molecule has 0 spiro atoms. The highest BCUT2D eigenvalue weighted by molar-refractivity contribution is 6.35. The molecule has 0 saturated carbocycles. The number of carbonyl (C=O) groups is 2. The summed E-state index contributed by atoms with van der Waals surface area (Å²) in [4.78, 5) is 25.5. The molecule has 2 amide bonds. The molecule has 1 fully saturated rings. The van der Waals surface area contributed by atoms with Crippen LogP contribution in [0.25, 0.3) is 0 Å². The Morgan fingerprint density at radius 3 is 2.86 bits per heavy atom. The first-order chi connectivity index (χ1) is 10.0. The summed E-state index contributed by atoms with van der Waals surface area (Å²) < 4.78 is 0. The zero-order valence-electron chi connectivity index (χ0n) is 11.9. The smallest absolute Gasteiger partial charge is 0.223 e. The Bertz CT molecular complexity index is 548. The number of amides is 2. The minimum atomic E-state index is -0.0594. The summed E-state index contributed by atoms with van der Waals surface area (Å²) in [6.45, 7) is 2.89. The Morgan fingerprint density at radius 1 is 1.43 bits per heavy atom. The maximum atomic E-state index is 12.0. The molecule has 0 bridgehead atoms. The Morgan fingerprint density at radius 2 is 2.19 bits per heavy atom. The van der Waals surface area contributed by atoms with E-state index in [-0.39, 0.29) is 17.9 Å². The molecule has 2 rings (SSSR count). The van der Waals surface area contributed by atoms with Crippen LogP contribution in [0, 0.1) is 0 Å². The van der Waals surface area contributed by atoms with E-state index in [1.54, 1.807) is 17.0 Å². The number of hydrogen-bond acceptors (Lipinski definition) is 2. The van der Waals surface area contributed by atoms with Crippen molar-refractivity contribution < 1.29 is 9.59 Å². The van der Waals surface area contributed by atoms with Crippen molar-refractivity contribution in [2.24, 2.45) is 0 Å². The van der Waals surface area contributed by atoms with Crippen LogP contribution in [0.1, 0.15) is 31.7 Å². The van der Waals surface area contributed by atoms with E-state index in [0.29, 0.717) is 42.4 Å². The van der Waals surface area contributed by atoms with Crippen LogP contribution in [0.4, 0.5) is 0 Å². The molecule has 0 aromatic heterocycles. The van der Waals surface area contributed by atoms with E-state index in [4.69, 9.17) is 23.2 Å². The third-order valence-electron chi connectivity index (χ3n) is 3.60. The van der Waals surface area contributed by atoms with Crippen molar-refractivity contribution in [2.45, 2.75) is 38.8 Å². The van der Waals surface area contributed by atoms with Crippen LogP contribution in [-0.2, 0) is 16.1 Å². The highest BCUT2D eigenvalue weighted by Gasteiger charge is 2.32. The van der Waals surface area contributed by atoms with Gasteiger partial charge in [0, 0.05) is 42.0 Å². The van der Waals surface area contributed by atoms with E-state index in [0.717, 1.165) is 5.56 Å². The zero-order valence-corrected chi connectivity index (χ0v) is 13.4. The minimum Gasteiger partial charge on any atom is -0.356 e. The molecule has 6 heteroatoms. The largest absolute Gasteiger partial charge is 0.356 e. The van der Waals surface area contributed by atoms with Gasteiger partial charge in [0.25, 0.3) is 0 Å². The van der Waals surface area contributed by atoms with Gasteiger partial charge in [-0.25, -0.2) is 0 Å². The molecule has 1 aromatic carbocycles. The Hall–Kier alpha value is -1.26. The SMILES string of the molecule is CCNC(=O)CC1CCC(=O)N1Cc1ccc(Cl)cc1Cl. The number of nitrogens with zero attached hydrogens (tertiary/aromatic N) is 1. The number of likely N-dealkylation sites (tertiary alicyclic amines) is 1. The maximum absolute atomic E-state index is 12.0. The average Bonchev–Trinajstić information content (AvgIpc) is 2.74. The van der Waals surface area contributed by atoms with Gasteiger partial charge in [-0.3, -0.25) is 9.59 Å². The summed E-state index contributed by atoms with van der Waals surface area (Å²) >= 11 is 12.0. The van der Waals surface area contributed by atoms with E-state index in [1.807, 2.05) is 13.0 Å². The number of hydrogen-bond donors (Lipinski definition) is 1. The average molecular weight is 329 g/mol. The van der Waals surface area contributed by atoms with Gasteiger partial charge in [-0.2, -0.15) is 0 Å². The van der Waals surface area contributed by atoms with Gasteiger partial charge in [0.15, 0.2) is 0 Å². The number of rotatable bonds is 5. The summed E-state index contributed by atoms with van der Waals surface area (Å²) in [6, 6.07) is 5.18. The fourth-order valence-electron chi connectivity index (χ4n) is 2.54. The minimum absolute atomic E-state index is 0.0237. The van der Waals surface area contributed by atoms with E-state index in [9.17, 15) is 9.59 Å². The third-order valence-corrected chi connectivity index (χ3v) is 4.19. The summed E-state index contributed by atoms with van der Waals surface area (Å²) in [5.74, 6) is 0.0414. The summed E-state index contributed by atoms with van der Waals surface area (Å²) in [6.07, 6.45) is 1.53. The molecule has 0 radical (unpaired) electrons. The van der Waals surface area contributed by atoms with Crippen molar-refractivity contribution in [3.8, 4) is 0 Å². The highest BCUT2D eigenvalue weighted by Crippen LogP contribution is 2.27. The summed E-state index contributed by atoms with van der Waals surface area (Å²) in [5.41, 5.74) is 0.845. The number of benzene rings is 1. The molecule has 1 saturated heterocycles. The van der Waals surface area contributed by atoms with Crippen LogP contribution >= 0.6 is 23.2 Å². The molecule has 1 atom stereocenters. The number of carbonyl (C=O) groups excluding carboxylic acids is 2. The van der Waals surface area contributed by atoms with Crippen LogP contribution in [0.15, 0.2) is 18.2 Å². The lowest BCUT2D eigenvalue weighted by molar-refractivity contribution is -0.130. The molecule has 1 N–H and O–H groups in total. The topological polar surface area (TPSA) is 49.4 Å². The first-order valence-electron chi connectivity index (χ1n) is 7.01. The maximum Gasteiger partial charge on any atom is 0.223 e. The normalized spacial score (nSPS) is 18.1. The molecule has 4 nitrogen and oxygen atoms in total. The van der Waals surface area contributed by atoms with Crippen molar-refractivity contribution >= 4 is 35.0 Å². The van der Waals surface area contributed by atoms with Gasteiger partial charge in [-0.15, -0.1) is 0 Å². The van der Waals surface area contributed by atoms with Gasteiger partial charge in [-0.1, -0.05) is 29.3 Å². The highest BCUT2D eigenvalue weighted by atomic mass is 35.5. The van der Waals surface area contributed by atoms with E-state index in [2.05, 4.69) is 5.32 Å². The van der Waals surface area contributed by atoms with Gasteiger partial charge in [0.05, 0.1) is 0 Å². The van der Waals surface area contributed by atoms with Crippen molar-refractivity contribution in [1.29, 1.82) is 0 Å². The van der Waals surface area contributed by atoms with Crippen molar-refractivity contribution in [3.63, 3.8) is 0 Å². The monoisotopic (exact) mass is 328 g/mol. The first-order valence-corrected chi connectivity index (χ1v) is 7.77. The second-order valence-electron chi connectivity index (χ2n) is 5.11. The third kappa shape index (κ3) is 4.11. The van der Waals surface area contributed by atoms with Crippen LogP contribution in [0.2, 0.25) is 10.0 Å².